The van der Waals surface area contributed by atoms with Crippen LogP contribution in [0.1, 0.15) is 27.6 Å². The van der Waals surface area contributed by atoms with Crippen LogP contribution in [0, 0.1) is 0 Å². The first-order valence-corrected chi connectivity index (χ1v) is 8.91. The second-order valence-electron chi connectivity index (χ2n) is 6.26. The number of rotatable bonds is 6. The highest BCUT2D eigenvalue weighted by atomic mass is 16.4. The summed E-state index contributed by atoms with van der Waals surface area (Å²) in [6.07, 6.45) is 0. The van der Waals surface area contributed by atoms with E-state index in [0.29, 0.717) is 35.3 Å². The smallest absolute Gasteiger partial charge is 0.349 e. The molecule has 3 rings (SSSR count). The van der Waals surface area contributed by atoms with Crippen LogP contribution < -0.4 is 21.6 Å². The molecule has 3 aromatic rings. The molecule has 0 aliphatic heterocycles. The Kier molecular flexibility index (Phi) is 6.03. The van der Waals surface area contributed by atoms with Crippen LogP contribution in [0.2, 0.25) is 0 Å². The molecule has 0 aliphatic rings. The molecule has 2 aromatic carbocycles. The average molecular weight is 393 g/mol. The molecular formula is C21H19N3O5. The normalized spacial score (nSPS) is 10.4. The van der Waals surface area contributed by atoms with Crippen LogP contribution in [-0.2, 0) is 4.79 Å². The standard InChI is InChI=1S/C21H19N3O5/c1-13(25)22-10-11-23-19(26)14-6-8-16(9-7-14)24-20(27)17-12-15-4-2-3-5-18(15)29-21(17)28/h2-9,12H,10-11H2,1H3,(H,22,25)(H,23,26)(H,24,27). The van der Waals surface area contributed by atoms with Crippen LogP contribution in [0.4, 0.5) is 5.69 Å². The molecule has 8 nitrogen and oxygen atoms in total. The molecule has 1 aromatic heterocycles. The summed E-state index contributed by atoms with van der Waals surface area (Å²) in [7, 11) is 0. The van der Waals surface area contributed by atoms with Crippen molar-refractivity contribution < 1.29 is 18.8 Å². The van der Waals surface area contributed by atoms with Crippen molar-refractivity contribution in [2.45, 2.75) is 6.92 Å². The second kappa shape index (κ2) is 8.83. The van der Waals surface area contributed by atoms with Crippen molar-refractivity contribution in [3.05, 3.63) is 76.1 Å². The molecule has 3 N–H and O–H groups in total. The van der Waals surface area contributed by atoms with Crippen LogP contribution in [0.25, 0.3) is 11.0 Å². The van der Waals surface area contributed by atoms with Gasteiger partial charge in [0.15, 0.2) is 0 Å². The summed E-state index contributed by atoms with van der Waals surface area (Å²) in [6, 6.07) is 14.6. The van der Waals surface area contributed by atoms with Crippen molar-refractivity contribution in [1.29, 1.82) is 0 Å². The fourth-order valence-electron chi connectivity index (χ4n) is 2.64. The molecular weight excluding hydrogens is 374 g/mol. The minimum Gasteiger partial charge on any atom is -0.422 e. The molecule has 0 saturated heterocycles. The number of fused-ring (bicyclic) bond motifs is 1. The lowest BCUT2D eigenvalue weighted by Gasteiger charge is -2.08. The van der Waals surface area contributed by atoms with Gasteiger partial charge in [0.25, 0.3) is 11.8 Å². The number of para-hydroxylation sites is 1. The lowest BCUT2D eigenvalue weighted by molar-refractivity contribution is -0.118. The van der Waals surface area contributed by atoms with Gasteiger partial charge >= 0.3 is 5.63 Å². The maximum absolute atomic E-state index is 12.4. The molecule has 0 bridgehead atoms. The van der Waals surface area contributed by atoms with E-state index in [9.17, 15) is 19.2 Å². The first kappa shape index (κ1) is 19.8. The Hall–Kier alpha value is -3.94. The summed E-state index contributed by atoms with van der Waals surface area (Å²) in [5, 5.41) is 8.51. The third-order valence-electron chi connectivity index (χ3n) is 4.08. The van der Waals surface area contributed by atoms with Gasteiger partial charge in [-0.25, -0.2) is 4.79 Å². The van der Waals surface area contributed by atoms with Crippen molar-refractivity contribution in [3.8, 4) is 0 Å². The molecule has 0 spiro atoms. The van der Waals surface area contributed by atoms with E-state index in [1.807, 2.05) is 0 Å². The van der Waals surface area contributed by atoms with Crippen LogP contribution in [-0.4, -0.2) is 30.8 Å². The number of hydrogen-bond acceptors (Lipinski definition) is 5. The molecule has 0 radical (unpaired) electrons. The van der Waals surface area contributed by atoms with Gasteiger partial charge in [0.1, 0.15) is 11.1 Å². The number of amides is 3. The molecule has 29 heavy (non-hydrogen) atoms. The topological polar surface area (TPSA) is 118 Å². The predicted octanol–water partition coefficient (Wildman–Crippen LogP) is 1.91. The Morgan fingerprint density at radius 2 is 1.59 bits per heavy atom. The van der Waals surface area contributed by atoms with Gasteiger partial charge in [-0.2, -0.15) is 0 Å². The molecule has 0 atom stereocenters. The Labute approximate surface area is 165 Å². The summed E-state index contributed by atoms with van der Waals surface area (Å²) in [6.45, 7) is 2.04. The number of nitrogens with one attached hydrogen (secondary N) is 3. The van der Waals surface area contributed by atoms with E-state index >= 15 is 0 Å². The minimum atomic E-state index is -0.726. The Bertz CT molecular complexity index is 1120. The first-order valence-electron chi connectivity index (χ1n) is 8.91. The minimum absolute atomic E-state index is 0.108. The maximum atomic E-state index is 12.4. The zero-order valence-electron chi connectivity index (χ0n) is 15.7. The van der Waals surface area contributed by atoms with Crippen LogP contribution in [0.15, 0.2) is 63.8 Å². The number of carbonyl (C=O) groups is 3. The lowest BCUT2D eigenvalue weighted by atomic mass is 10.1. The lowest BCUT2D eigenvalue weighted by Crippen LogP contribution is -2.33. The van der Waals surface area contributed by atoms with E-state index < -0.39 is 11.5 Å². The predicted molar refractivity (Wildman–Crippen MR) is 108 cm³/mol. The third-order valence-corrected chi connectivity index (χ3v) is 4.08. The van der Waals surface area contributed by atoms with Crippen LogP contribution >= 0.6 is 0 Å². The molecule has 0 saturated carbocycles. The van der Waals surface area contributed by atoms with Crippen molar-refractivity contribution in [1.82, 2.24) is 10.6 Å². The van der Waals surface area contributed by atoms with Crippen molar-refractivity contribution in [2.75, 3.05) is 18.4 Å². The largest absolute Gasteiger partial charge is 0.422 e. The van der Waals surface area contributed by atoms with E-state index in [1.54, 1.807) is 48.5 Å². The zero-order chi connectivity index (χ0) is 20.8. The van der Waals surface area contributed by atoms with Gasteiger partial charge in [0.2, 0.25) is 5.91 Å². The van der Waals surface area contributed by atoms with Gasteiger partial charge < -0.3 is 20.4 Å². The highest BCUT2D eigenvalue weighted by Crippen LogP contribution is 2.15. The maximum Gasteiger partial charge on any atom is 0.349 e. The quantitative estimate of drug-likeness (QED) is 0.437. The molecule has 0 aliphatic carbocycles. The summed E-state index contributed by atoms with van der Waals surface area (Å²) in [5.41, 5.74) is 0.399. The first-order chi connectivity index (χ1) is 13.9. The number of hydrogen-bond donors (Lipinski definition) is 3. The molecule has 0 unspecified atom stereocenters. The Balaban J connectivity index is 1.64. The summed E-state index contributed by atoms with van der Waals surface area (Å²) < 4.78 is 5.17. The number of anilines is 1. The SMILES string of the molecule is CC(=O)NCCNC(=O)c1ccc(NC(=O)c2cc3ccccc3oc2=O)cc1. The van der Waals surface area contributed by atoms with Crippen LogP contribution in [0.3, 0.4) is 0 Å². The molecule has 1 heterocycles. The van der Waals surface area contributed by atoms with Gasteiger partial charge in [-0.05, 0) is 36.4 Å². The summed E-state index contributed by atoms with van der Waals surface area (Å²) in [5.74, 6) is -1.07. The number of benzene rings is 2. The third kappa shape index (κ3) is 5.07. The summed E-state index contributed by atoms with van der Waals surface area (Å²) in [4.78, 5) is 47.3. The van der Waals surface area contributed by atoms with Gasteiger partial charge in [-0.3, -0.25) is 14.4 Å². The van der Waals surface area contributed by atoms with Gasteiger partial charge in [0, 0.05) is 36.7 Å². The van der Waals surface area contributed by atoms with E-state index in [-0.39, 0.29) is 17.4 Å². The molecule has 8 heteroatoms. The average Bonchev–Trinajstić information content (AvgIpc) is 2.70. The van der Waals surface area contributed by atoms with Crippen molar-refractivity contribution in [3.63, 3.8) is 0 Å². The molecule has 3 amide bonds. The molecule has 0 fully saturated rings. The summed E-state index contributed by atoms with van der Waals surface area (Å²) >= 11 is 0. The zero-order valence-corrected chi connectivity index (χ0v) is 15.7. The van der Waals surface area contributed by atoms with Crippen molar-refractivity contribution in [2.24, 2.45) is 0 Å². The Morgan fingerprint density at radius 3 is 2.31 bits per heavy atom. The second-order valence-corrected chi connectivity index (χ2v) is 6.26. The van der Waals surface area contributed by atoms with Gasteiger partial charge in [-0.1, -0.05) is 18.2 Å². The fourth-order valence-corrected chi connectivity index (χ4v) is 2.64. The van der Waals surface area contributed by atoms with E-state index in [1.165, 1.54) is 13.0 Å². The van der Waals surface area contributed by atoms with Crippen molar-refractivity contribution >= 4 is 34.4 Å². The van der Waals surface area contributed by atoms with Gasteiger partial charge in [-0.15, -0.1) is 0 Å². The Morgan fingerprint density at radius 1 is 0.897 bits per heavy atom. The monoisotopic (exact) mass is 393 g/mol. The highest BCUT2D eigenvalue weighted by molar-refractivity contribution is 6.05. The van der Waals surface area contributed by atoms with E-state index in [2.05, 4.69) is 16.0 Å². The highest BCUT2D eigenvalue weighted by Gasteiger charge is 2.14. The molecule has 148 valence electrons. The van der Waals surface area contributed by atoms with Gasteiger partial charge in [0.05, 0.1) is 0 Å². The van der Waals surface area contributed by atoms with Crippen LogP contribution in [0.5, 0.6) is 0 Å². The van der Waals surface area contributed by atoms with E-state index in [4.69, 9.17) is 4.42 Å². The van der Waals surface area contributed by atoms with E-state index in [0.717, 1.165) is 0 Å². The fraction of sp³-hybridized carbons (Fsp3) is 0.143. The number of carbonyl (C=O) groups excluding carboxylic acids is 3.